The summed E-state index contributed by atoms with van der Waals surface area (Å²) in [5.74, 6) is 2.26. The molecule has 0 saturated carbocycles. The Morgan fingerprint density at radius 1 is 0.656 bits per heavy atom. The molecule has 0 N–H and O–H groups in total. The van der Waals surface area contributed by atoms with E-state index in [9.17, 15) is 0 Å². The molecule has 0 heterocycles. The molecule has 0 bridgehead atoms. The Balaban J connectivity index is 3.25. The number of unbranched alkanes of at least 4 members (excludes halogenated alkanes) is 15. The molecule has 0 aliphatic heterocycles. The van der Waals surface area contributed by atoms with Crippen LogP contribution in [0.2, 0.25) is 0 Å². The van der Waals surface area contributed by atoms with Gasteiger partial charge in [0.1, 0.15) is 0 Å². The van der Waals surface area contributed by atoms with E-state index in [0.717, 1.165) is 23.4 Å². The second-order valence-electron chi connectivity index (χ2n) is 10.7. The average Bonchev–Trinajstić information content (AvgIpc) is 2.75. The predicted molar refractivity (Wildman–Crippen MR) is 146 cm³/mol. The van der Waals surface area contributed by atoms with Crippen LogP contribution in [-0.2, 0) is 9.47 Å². The molecule has 1 atom stereocenters. The van der Waals surface area contributed by atoms with Crippen LogP contribution in [0.15, 0.2) is 0 Å². The van der Waals surface area contributed by atoms with E-state index in [1.807, 2.05) is 18.9 Å². The van der Waals surface area contributed by atoms with Gasteiger partial charge in [-0.1, -0.05) is 103 Å². The van der Waals surface area contributed by atoms with Gasteiger partial charge < -0.3 is 14.0 Å². The van der Waals surface area contributed by atoms with Crippen molar-refractivity contribution in [3.8, 4) is 0 Å². The van der Waals surface area contributed by atoms with E-state index in [2.05, 4.69) is 28.1 Å². The molecule has 1 unspecified atom stereocenters. The first-order valence-electron chi connectivity index (χ1n) is 14.0. The molecule has 0 saturated heterocycles. The summed E-state index contributed by atoms with van der Waals surface area (Å²) in [6.07, 6.45) is 24.1. The SMILES string of the molecule is CCCCCCCCCCCCCCCCCCOCC(CSCCC[N+](C)(C)C)OC. The summed E-state index contributed by atoms with van der Waals surface area (Å²) in [4.78, 5) is 0. The lowest BCUT2D eigenvalue weighted by atomic mass is 10.0. The molecule has 0 radical (unpaired) electrons. The van der Waals surface area contributed by atoms with Gasteiger partial charge >= 0.3 is 0 Å². The molecular formula is C28H60NO2S+. The fourth-order valence-electron chi connectivity index (χ4n) is 4.01. The van der Waals surface area contributed by atoms with Crippen LogP contribution in [0, 0.1) is 0 Å². The standard InChI is InChI=1S/C28H60NO2S/c1-6-7-8-9-10-11-12-13-14-15-16-17-18-19-20-21-24-31-26-28(30-5)27-32-25-22-23-29(2,3)4/h28H,6-27H2,1-5H3/q+1. The van der Waals surface area contributed by atoms with Crippen molar-refractivity contribution < 1.29 is 14.0 Å². The van der Waals surface area contributed by atoms with Gasteiger partial charge in [-0.3, -0.25) is 0 Å². The molecule has 194 valence electrons. The molecule has 0 aromatic carbocycles. The first-order valence-corrected chi connectivity index (χ1v) is 15.1. The zero-order valence-electron chi connectivity index (χ0n) is 22.8. The van der Waals surface area contributed by atoms with Gasteiger partial charge in [0.2, 0.25) is 0 Å². The number of thioether (sulfide) groups is 1. The summed E-state index contributed by atoms with van der Waals surface area (Å²) in [5.41, 5.74) is 0. The second-order valence-corrected chi connectivity index (χ2v) is 11.8. The quantitative estimate of drug-likeness (QED) is 0.0931. The number of hydrogen-bond donors (Lipinski definition) is 0. The summed E-state index contributed by atoms with van der Waals surface area (Å²) in [6.45, 7) is 5.17. The maximum atomic E-state index is 5.88. The minimum Gasteiger partial charge on any atom is -0.379 e. The van der Waals surface area contributed by atoms with Gasteiger partial charge in [-0.2, -0.15) is 11.8 Å². The average molecular weight is 475 g/mol. The summed E-state index contributed by atoms with van der Waals surface area (Å²) in [6, 6.07) is 0. The third-order valence-corrected chi connectivity index (χ3v) is 7.39. The van der Waals surface area contributed by atoms with Crippen molar-refractivity contribution in [1.82, 2.24) is 0 Å². The number of methoxy groups -OCH3 is 1. The van der Waals surface area contributed by atoms with Crippen molar-refractivity contribution in [1.29, 1.82) is 0 Å². The van der Waals surface area contributed by atoms with Gasteiger partial charge in [0, 0.05) is 25.9 Å². The highest BCUT2D eigenvalue weighted by Gasteiger charge is 2.09. The monoisotopic (exact) mass is 474 g/mol. The molecular weight excluding hydrogens is 414 g/mol. The second kappa shape index (κ2) is 24.4. The highest BCUT2D eigenvalue weighted by atomic mass is 32.2. The molecule has 0 aliphatic carbocycles. The summed E-state index contributed by atoms with van der Waals surface area (Å²) in [7, 11) is 8.59. The van der Waals surface area contributed by atoms with Crippen LogP contribution in [-0.4, -0.2) is 70.1 Å². The van der Waals surface area contributed by atoms with Crippen LogP contribution < -0.4 is 0 Å². The van der Waals surface area contributed by atoms with Crippen LogP contribution in [0.1, 0.15) is 116 Å². The molecule has 32 heavy (non-hydrogen) atoms. The van der Waals surface area contributed by atoms with Crippen molar-refractivity contribution in [3.05, 3.63) is 0 Å². The van der Waals surface area contributed by atoms with Gasteiger partial charge in [-0.25, -0.2) is 0 Å². The Morgan fingerprint density at radius 2 is 1.12 bits per heavy atom. The fraction of sp³-hybridized carbons (Fsp3) is 1.00. The van der Waals surface area contributed by atoms with Crippen molar-refractivity contribution in [2.24, 2.45) is 0 Å². The molecule has 4 heteroatoms. The van der Waals surface area contributed by atoms with E-state index < -0.39 is 0 Å². The Bertz CT molecular complexity index is 360. The summed E-state index contributed by atoms with van der Waals surface area (Å²) < 4.78 is 12.5. The molecule has 0 spiro atoms. The van der Waals surface area contributed by atoms with Crippen molar-refractivity contribution in [2.75, 3.05) is 59.5 Å². The van der Waals surface area contributed by atoms with Crippen LogP contribution >= 0.6 is 11.8 Å². The van der Waals surface area contributed by atoms with E-state index in [4.69, 9.17) is 9.47 Å². The predicted octanol–water partition coefficient (Wildman–Crippen LogP) is 8.11. The highest BCUT2D eigenvalue weighted by molar-refractivity contribution is 7.99. The molecule has 0 aromatic rings. The van der Waals surface area contributed by atoms with E-state index in [-0.39, 0.29) is 6.10 Å². The topological polar surface area (TPSA) is 18.5 Å². The molecule has 0 aliphatic rings. The number of ether oxygens (including phenoxy) is 2. The third kappa shape index (κ3) is 26.5. The van der Waals surface area contributed by atoms with E-state index in [0.29, 0.717) is 0 Å². The van der Waals surface area contributed by atoms with Crippen molar-refractivity contribution >= 4 is 11.8 Å². The Kier molecular flexibility index (Phi) is 24.5. The number of rotatable bonds is 26. The van der Waals surface area contributed by atoms with Crippen LogP contribution in [0.4, 0.5) is 0 Å². The fourth-order valence-corrected chi connectivity index (χ4v) is 5.00. The normalized spacial score (nSPS) is 13.0. The van der Waals surface area contributed by atoms with Gasteiger partial charge in [0.25, 0.3) is 0 Å². The molecule has 0 fully saturated rings. The maximum absolute atomic E-state index is 5.88. The summed E-state index contributed by atoms with van der Waals surface area (Å²) >= 11 is 2.00. The van der Waals surface area contributed by atoms with Crippen LogP contribution in [0.25, 0.3) is 0 Å². The molecule has 0 aromatic heterocycles. The number of hydrogen-bond acceptors (Lipinski definition) is 3. The zero-order chi connectivity index (χ0) is 23.8. The molecule has 3 nitrogen and oxygen atoms in total. The molecule has 0 amide bonds. The van der Waals surface area contributed by atoms with Crippen LogP contribution in [0.5, 0.6) is 0 Å². The van der Waals surface area contributed by atoms with Crippen molar-refractivity contribution in [3.63, 3.8) is 0 Å². The van der Waals surface area contributed by atoms with Gasteiger partial charge in [0.15, 0.2) is 0 Å². The minimum absolute atomic E-state index is 0.241. The molecule has 0 rings (SSSR count). The smallest absolute Gasteiger partial charge is 0.0894 e. The van der Waals surface area contributed by atoms with E-state index in [1.54, 1.807) is 0 Å². The highest BCUT2D eigenvalue weighted by Crippen LogP contribution is 2.14. The van der Waals surface area contributed by atoms with Crippen molar-refractivity contribution in [2.45, 2.75) is 122 Å². The van der Waals surface area contributed by atoms with Gasteiger partial charge in [-0.15, -0.1) is 0 Å². The van der Waals surface area contributed by atoms with Gasteiger partial charge in [0.05, 0.1) is 40.4 Å². The lowest BCUT2D eigenvalue weighted by Gasteiger charge is -2.23. The Morgan fingerprint density at radius 3 is 1.56 bits per heavy atom. The first-order chi connectivity index (χ1) is 15.5. The first kappa shape index (κ1) is 32.2. The van der Waals surface area contributed by atoms with Gasteiger partial charge in [-0.05, 0) is 12.2 Å². The lowest BCUT2D eigenvalue weighted by Crippen LogP contribution is -2.35. The number of nitrogens with zero attached hydrogens (tertiary/aromatic N) is 1. The zero-order valence-corrected chi connectivity index (χ0v) is 23.6. The third-order valence-electron chi connectivity index (χ3n) is 6.20. The number of quaternary nitrogens is 1. The maximum Gasteiger partial charge on any atom is 0.0894 e. The minimum atomic E-state index is 0.241. The van der Waals surface area contributed by atoms with Crippen LogP contribution in [0.3, 0.4) is 0 Å². The lowest BCUT2D eigenvalue weighted by molar-refractivity contribution is -0.870. The summed E-state index contributed by atoms with van der Waals surface area (Å²) in [5, 5.41) is 0. The van der Waals surface area contributed by atoms with E-state index >= 15 is 0 Å². The largest absolute Gasteiger partial charge is 0.379 e. The van der Waals surface area contributed by atoms with E-state index in [1.165, 1.54) is 121 Å². The Hall–Kier alpha value is 0.230. The Labute approximate surface area is 207 Å².